The lowest BCUT2D eigenvalue weighted by atomic mass is 10.2. The molecule has 23 heavy (non-hydrogen) atoms. The molecule has 1 aromatic carbocycles. The summed E-state index contributed by atoms with van der Waals surface area (Å²) in [7, 11) is 0. The van der Waals surface area contributed by atoms with Gasteiger partial charge in [0, 0.05) is 21.0 Å². The summed E-state index contributed by atoms with van der Waals surface area (Å²) in [6.45, 7) is 0.169. The predicted octanol–water partition coefficient (Wildman–Crippen LogP) is 4.33. The fraction of sp³-hybridized carbons (Fsp3) is 0.118. The van der Waals surface area contributed by atoms with E-state index in [0.717, 1.165) is 21.0 Å². The molecule has 118 valence electrons. The normalized spacial score (nSPS) is 11.9. The van der Waals surface area contributed by atoms with Crippen molar-refractivity contribution in [1.29, 1.82) is 0 Å². The molecule has 6 heteroatoms. The fourth-order valence-electron chi connectivity index (χ4n) is 2.08. The molecule has 0 spiro atoms. The van der Waals surface area contributed by atoms with Crippen LogP contribution < -0.4 is 10.6 Å². The Bertz CT molecular complexity index is 754. The van der Waals surface area contributed by atoms with E-state index in [1.54, 1.807) is 11.3 Å². The van der Waals surface area contributed by atoms with E-state index in [2.05, 4.69) is 22.1 Å². The Labute approximate surface area is 142 Å². The lowest BCUT2D eigenvalue weighted by Gasteiger charge is -2.11. The highest BCUT2D eigenvalue weighted by Gasteiger charge is 2.13. The Morgan fingerprint density at radius 3 is 2.70 bits per heavy atom. The van der Waals surface area contributed by atoms with E-state index in [1.807, 2.05) is 47.8 Å². The molecule has 0 saturated heterocycles. The van der Waals surface area contributed by atoms with Gasteiger partial charge in [0.2, 0.25) is 0 Å². The van der Waals surface area contributed by atoms with Gasteiger partial charge in [0.25, 0.3) is 0 Å². The van der Waals surface area contributed by atoms with E-state index in [1.165, 1.54) is 11.3 Å². The van der Waals surface area contributed by atoms with Gasteiger partial charge in [0.05, 0.1) is 6.54 Å². The summed E-state index contributed by atoms with van der Waals surface area (Å²) < 4.78 is 0. The number of para-hydroxylation sites is 1. The number of anilines is 1. The summed E-state index contributed by atoms with van der Waals surface area (Å²) >= 11 is 3.19. The SMILES string of the molecule is O=C(NCC(O)c1ccc(-c2ccsc2)s1)Nc1ccccc1. The van der Waals surface area contributed by atoms with Crippen LogP contribution in [0.5, 0.6) is 0 Å². The zero-order valence-electron chi connectivity index (χ0n) is 12.2. The Kier molecular flexibility index (Phi) is 5.07. The number of aliphatic hydroxyl groups is 1. The molecule has 2 aromatic heterocycles. The second kappa shape index (κ2) is 7.41. The largest absolute Gasteiger partial charge is 0.386 e. The average Bonchev–Trinajstić information content (AvgIpc) is 3.24. The summed E-state index contributed by atoms with van der Waals surface area (Å²) in [6.07, 6.45) is -0.714. The first-order chi connectivity index (χ1) is 11.2. The van der Waals surface area contributed by atoms with Gasteiger partial charge in [-0.2, -0.15) is 11.3 Å². The summed E-state index contributed by atoms with van der Waals surface area (Å²) in [5, 5.41) is 19.7. The highest BCUT2D eigenvalue weighted by Crippen LogP contribution is 2.32. The molecule has 0 aliphatic heterocycles. The van der Waals surface area contributed by atoms with Gasteiger partial charge in [0.1, 0.15) is 6.10 Å². The van der Waals surface area contributed by atoms with E-state index in [4.69, 9.17) is 0 Å². The second-order valence-corrected chi connectivity index (χ2v) is 6.83. The van der Waals surface area contributed by atoms with Crippen molar-refractivity contribution in [2.45, 2.75) is 6.10 Å². The molecule has 0 aliphatic carbocycles. The third-order valence-corrected chi connectivity index (χ3v) is 5.17. The monoisotopic (exact) mass is 344 g/mol. The van der Waals surface area contributed by atoms with Crippen molar-refractivity contribution in [2.24, 2.45) is 0 Å². The van der Waals surface area contributed by atoms with Crippen LogP contribution in [0.25, 0.3) is 10.4 Å². The van der Waals surface area contributed by atoms with Crippen molar-refractivity contribution in [2.75, 3.05) is 11.9 Å². The van der Waals surface area contributed by atoms with E-state index in [0.29, 0.717) is 0 Å². The predicted molar refractivity (Wildman–Crippen MR) is 96.1 cm³/mol. The maximum Gasteiger partial charge on any atom is 0.319 e. The first-order valence-corrected chi connectivity index (χ1v) is 8.88. The highest BCUT2D eigenvalue weighted by atomic mass is 32.1. The highest BCUT2D eigenvalue weighted by molar-refractivity contribution is 7.16. The van der Waals surface area contributed by atoms with Crippen LogP contribution in [0, 0.1) is 0 Å². The number of urea groups is 1. The smallest absolute Gasteiger partial charge is 0.319 e. The Hall–Kier alpha value is -2.15. The standard InChI is InChI=1S/C17H16N2O2S2/c20-14(10-18-17(21)19-13-4-2-1-3-5-13)16-7-6-15(23-16)12-8-9-22-11-12/h1-9,11,14,20H,10H2,(H2,18,19,21). The van der Waals surface area contributed by atoms with Gasteiger partial charge in [-0.1, -0.05) is 18.2 Å². The van der Waals surface area contributed by atoms with E-state index < -0.39 is 6.10 Å². The first kappa shape index (κ1) is 15.7. The molecular formula is C17H16N2O2S2. The summed E-state index contributed by atoms with van der Waals surface area (Å²) in [4.78, 5) is 13.8. The summed E-state index contributed by atoms with van der Waals surface area (Å²) in [5.74, 6) is 0. The molecule has 4 nitrogen and oxygen atoms in total. The fourth-order valence-corrected chi connectivity index (χ4v) is 3.80. The number of benzene rings is 1. The second-order valence-electron chi connectivity index (χ2n) is 4.93. The molecule has 2 amide bonds. The molecule has 3 aromatic rings. The van der Waals surface area contributed by atoms with Crippen LogP contribution in [-0.2, 0) is 0 Å². The summed E-state index contributed by atoms with van der Waals surface area (Å²) in [5.41, 5.74) is 1.88. The van der Waals surface area contributed by atoms with Crippen LogP contribution in [0.3, 0.4) is 0 Å². The van der Waals surface area contributed by atoms with Crippen LogP contribution in [0.2, 0.25) is 0 Å². The van der Waals surface area contributed by atoms with Crippen molar-refractivity contribution >= 4 is 34.4 Å². The molecule has 1 unspecified atom stereocenters. The van der Waals surface area contributed by atoms with Gasteiger partial charge >= 0.3 is 6.03 Å². The number of nitrogens with one attached hydrogen (secondary N) is 2. The number of carbonyl (C=O) groups excluding carboxylic acids is 1. The van der Waals surface area contributed by atoms with Crippen molar-refractivity contribution in [3.05, 3.63) is 64.2 Å². The Morgan fingerprint density at radius 1 is 1.13 bits per heavy atom. The number of carbonyl (C=O) groups is 1. The van der Waals surface area contributed by atoms with Crippen molar-refractivity contribution in [1.82, 2.24) is 5.32 Å². The molecular weight excluding hydrogens is 328 g/mol. The molecule has 3 N–H and O–H groups in total. The zero-order valence-corrected chi connectivity index (χ0v) is 13.9. The number of rotatable bonds is 5. The average molecular weight is 344 g/mol. The first-order valence-electron chi connectivity index (χ1n) is 7.12. The molecule has 0 saturated carbocycles. The third-order valence-electron chi connectivity index (χ3n) is 3.25. The number of aliphatic hydroxyl groups excluding tert-OH is 1. The Morgan fingerprint density at radius 2 is 1.96 bits per heavy atom. The molecule has 3 rings (SSSR count). The lowest BCUT2D eigenvalue weighted by Crippen LogP contribution is -2.32. The van der Waals surface area contributed by atoms with Gasteiger partial charge in [-0.15, -0.1) is 11.3 Å². The van der Waals surface area contributed by atoms with Crippen LogP contribution in [0.15, 0.2) is 59.3 Å². The van der Waals surface area contributed by atoms with Crippen molar-refractivity contribution < 1.29 is 9.90 Å². The maximum atomic E-state index is 11.8. The number of hydrogen-bond donors (Lipinski definition) is 3. The quantitative estimate of drug-likeness (QED) is 0.645. The molecule has 0 radical (unpaired) electrons. The molecule has 0 bridgehead atoms. The van der Waals surface area contributed by atoms with Crippen LogP contribution in [0.4, 0.5) is 10.5 Å². The van der Waals surface area contributed by atoms with Gasteiger partial charge < -0.3 is 15.7 Å². The Balaban J connectivity index is 1.53. The van der Waals surface area contributed by atoms with Crippen molar-refractivity contribution in [3.63, 3.8) is 0 Å². The van der Waals surface area contributed by atoms with Gasteiger partial charge in [-0.05, 0) is 41.1 Å². The number of amides is 2. The van der Waals surface area contributed by atoms with Crippen LogP contribution >= 0.6 is 22.7 Å². The van der Waals surface area contributed by atoms with Crippen LogP contribution in [-0.4, -0.2) is 17.7 Å². The third kappa shape index (κ3) is 4.19. The summed E-state index contributed by atoms with van der Waals surface area (Å²) in [6, 6.07) is 14.8. The van der Waals surface area contributed by atoms with Crippen molar-refractivity contribution in [3.8, 4) is 10.4 Å². The molecule has 0 fully saturated rings. The minimum absolute atomic E-state index is 0.169. The van der Waals surface area contributed by atoms with Gasteiger partial charge in [-0.25, -0.2) is 4.79 Å². The minimum atomic E-state index is -0.714. The minimum Gasteiger partial charge on any atom is -0.386 e. The van der Waals surface area contributed by atoms with E-state index in [9.17, 15) is 9.90 Å². The topological polar surface area (TPSA) is 61.4 Å². The van der Waals surface area contributed by atoms with E-state index in [-0.39, 0.29) is 12.6 Å². The van der Waals surface area contributed by atoms with Crippen LogP contribution in [0.1, 0.15) is 11.0 Å². The molecule has 1 atom stereocenters. The lowest BCUT2D eigenvalue weighted by molar-refractivity contribution is 0.178. The maximum absolute atomic E-state index is 11.8. The number of hydrogen-bond acceptors (Lipinski definition) is 4. The zero-order chi connectivity index (χ0) is 16.1. The molecule has 0 aliphatic rings. The van der Waals surface area contributed by atoms with E-state index >= 15 is 0 Å². The number of thiophene rings is 2. The van der Waals surface area contributed by atoms with Gasteiger partial charge in [0.15, 0.2) is 0 Å². The molecule has 2 heterocycles. The van der Waals surface area contributed by atoms with Gasteiger partial charge in [-0.3, -0.25) is 0 Å².